The molecule has 6 nitrogen and oxygen atoms in total. The molecule has 0 aliphatic heterocycles. The van der Waals surface area contributed by atoms with Crippen LogP contribution in [-0.4, -0.2) is 29.6 Å². The molecule has 22 heavy (non-hydrogen) atoms. The van der Waals surface area contributed by atoms with E-state index in [0.29, 0.717) is 6.54 Å². The number of hydrogen-bond acceptors (Lipinski definition) is 4. The normalized spacial score (nSPS) is 11.7. The Labute approximate surface area is 134 Å². The van der Waals surface area contributed by atoms with Gasteiger partial charge in [0.15, 0.2) is 0 Å². The lowest BCUT2D eigenvalue weighted by Gasteiger charge is -2.17. The van der Waals surface area contributed by atoms with E-state index in [1.807, 2.05) is 0 Å². The van der Waals surface area contributed by atoms with Crippen LogP contribution in [-0.2, 0) is 9.59 Å². The molecule has 0 aromatic carbocycles. The van der Waals surface area contributed by atoms with Crippen molar-refractivity contribution in [3.63, 3.8) is 0 Å². The fourth-order valence-electron chi connectivity index (χ4n) is 2.30. The Balaban J connectivity index is 0. The molecule has 6 heteroatoms. The first-order valence-electron chi connectivity index (χ1n) is 8.24. The zero-order valence-electron chi connectivity index (χ0n) is 14.2. The van der Waals surface area contributed by atoms with Crippen LogP contribution < -0.4 is 16.6 Å². The number of hydrogen-bond donors (Lipinski definition) is 3. The van der Waals surface area contributed by atoms with Gasteiger partial charge in [0.1, 0.15) is 0 Å². The maximum Gasteiger partial charge on any atom is 0.305 e. The number of carboxylic acid groups (broad SMARTS) is 2. The summed E-state index contributed by atoms with van der Waals surface area (Å²) in [6, 6.07) is -1.08. The van der Waals surface area contributed by atoms with Crippen LogP contribution in [0.2, 0.25) is 0 Å². The first kappa shape index (κ1) is 23.1. The number of rotatable bonds is 15. The topological polar surface area (TPSA) is 126 Å². The van der Waals surface area contributed by atoms with Gasteiger partial charge in [0, 0.05) is 0 Å². The molecule has 0 fully saturated rings. The number of aliphatic carboxylic acids is 2. The molecule has 0 amide bonds. The zero-order chi connectivity index (χ0) is 15.9. The van der Waals surface area contributed by atoms with Gasteiger partial charge in [0.25, 0.3) is 0 Å². The van der Waals surface area contributed by atoms with Crippen LogP contribution in [0.3, 0.4) is 0 Å². The molecule has 0 saturated heterocycles. The summed E-state index contributed by atoms with van der Waals surface area (Å²) in [4.78, 5) is 21.2. The number of carbonyl (C=O) groups is 2. The molecule has 0 aromatic rings. The average Bonchev–Trinajstić information content (AvgIpc) is 2.42. The molecule has 0 heterocycles. The first-order chi connectivity index (χ1) is 10.1. The van der Waals surface area contributed by atoms with Crippen molar-refractivity contribution in [1.82, 2.24) is 11.5 Å². The van der Waals surface area contributed by atoms with E-state index in [4.69, 9.17) is 5.11 Å². The Morgan fingerprint density at radius 3 is 1.82 bits per heavy atom. The van der Waals surface area contributed by atoms with E-state index in [1.54, 1.807) is 0 Å². The van der Waals surface area contributed by atoms with Gasteiger partial charge >= 0.3 is 5.97 Å². The summed E-state index contributed by atoms with van der Waals surface area (Å²) in [7, 11) is 0. The Hall–Kier alpha value is -1.14. The average molecular weight is 318 g/mol. The SMILES string of the molecule is CCCCCCCCCCCCN[C@@H](CC(=O)O)C(=O)[O-].[NH4+]. The highest BCUT2D eigenvalue weighted by molar-refractivity contribution is 5.79. The van der Waals surface area contributed by atoms with Gasteiger partial charge in [-0.1, -0.05) is 64.7 Å². The number of nitrogens with one attached hydrogen (secondary N) is 1. The number of carbonyl (C=O) groups excluding carboxylic acids is 1. The third-order valence-corrected chi connectivity index (χ3v) is 3.58. The molecular weight excluding hydrogens is 284 g/mol. The third kappa shape index (κ3) is 15.3. The molecule has 0 unspecified atom stereocenters. The molecule has 0 aliphatic carbocycles. The van der Waals surface area contributed by atoms with Crippen LogP contribution in [0.4, 0.5) is 0 Å². The lowest BCUT2D eigenvalue weighted by atomic mass is 10.1. The van der Waals surface area contributed by atoms with Crippen molar-refractivity contribution in [1.29, 1.82) is 0 Å². The first-order valence-corrected chi connectivity index (χ1v) is 8.24. The van der Waals surface area contributed by atoms with E-state index in [1.165, 1.54) is 44.9 Å². The standard InChI is InChI=1S/C16H31NO4.H3N/c1-2-3-4-5-6-7-8-9-10-11-12-17-14(16(20)21)13-15(18)19;/h14,17H,2-13H2,1H3,(H,18,19)(H,20,21);1H3/t14-;/m0./s1. The fourth-order valence-corrected chi connectivity index (χ4v) is 2.30. The third-order valence-electron chi connectivity index (χ3n) is 3.58. The highest BCUT2D eigenvalue weighted by Crippen LogP contribution is 2.10. The largest absolute Gasteiger partial charge is 0.548 e. The minimum absolute atomic E-state index is 0. The maximum atomic E-state index is 10.7. The molecule has 0 rings (SSSR count). The van der Waals surface area contributed by atoms with Crippen LogP contribution in [0.1, 0.15) is 77.6 Å². The maximum absolute atomic E-state index is 10.7. The highest BCUT2D eigenvalue weighted by atomic mass is 16.4. The second kappa shape index (κ2) is 16.2. The smallest absolute Gasteiger partial charge is 0.305 e. The van der Waals surface area contributed by atoms with Crippen LogP contribution in [0.5, 0.6) is 0 Å². The minimum atomic E-state index is -1.34. The lowest BCUT2D eigenvalue weighted by Crippen LogP contribution is -2.46. The van der Waals surface area contributed by atoms with E-state index in [0.717, 1.165) is 19.3 Å². The van der Waals surface area contributed by atoms with Crippen molar-refractivity contribution >= 4 is 11.9 Å². The van der Waals surface area contributed by atoms with Crippen molar-refractivity contribution in [3.05, 3.63) is 0 Å². The van der Waals surface area contributed by atoms with Crippen LogP contribution in [0.15, 0.2) is 0 Å². The van der Waals surface area contributed by atoms with Crippen molar-refractivity contribution in [3.8, 4) is 0 Å². The predicted molar refractivity (Wildman–Crippen MR) is 86.9 cm³/mol. The van der Waals surface area contributed by atoms with Crippen LogP contribution in [0, 0.1) is 0 Å². The van der Waals surface area contributed by atoms with Gasteiger partial charge in [-0.2, -0.15) is 0 Å². The Morgan fingerprint density at radius 1 is 0.955 bits per heavy atom. The number of carboxylic acids is 2. The van der Waals surface area contributed by atoms with Crippen molar-refractivity contribution in [2.75, 3.05) is 6.54 Å². The van der Waals surface area contributed by atoms with Gasteiger partial charge < -0.3 is 26.5 Å². The summed E-state index contributed by atoms with van der Waals surface area (Å²) in [5.74, 6) is -2.47. The van der Waals surface area contributed by atoms with Gasteiger partial charge in [-0.25, -0.2) is 0 Å². The molecule has 0 spiro atoms. The summed E-state index contributed by atoms with van der Waals surface area (Å²) in [6.07, 6.45) is 11.8. The van der Waals surface area contributed by atoms with Crippen LogP contribution >= 0.6 is 0 Å². The molecule has 0 aliphatic rings. The molecule has 132 valence electrons. The molecule has 1 atom stereocenters. The van der Waals surface area contributed by atoms with E-state index in [-0.39, 0.29) is 6.15 Å². The van der Waals surface area contributed by atoms with Crippen LogP contribution in [0.25, 0.3) is 0 Å². The molecule has 6 N–H and O–H groups in total. The molecule has 0 radical (unpaired) electrons. The fraction of sp³-hybridized carbons (Fsp3) is 0.875. The molecule has 0 bridgehead atoms. The molecule has 0 aromatic heterocycles. The van der Waals surface area contributed by atoms with Gasteiger partial charge in [-0.05, 0) is 13.0 Å². The molecule has 0 saturated carbocycles. The lowest BCUT2D eigenvalue weighted by molar-refractivity contribution is -0.308. The van der Waals surface area contributed by atoms with Crippen molar-refractivity contribution in [2.45, 2.75) is 83.6 Å². The number of unbranched alkanes of at least 4 members (excludes halogenated alkanes) is 9. The van der Waals surface area contributed by atoms with E-state index in [2.05, 4.69) is 12.2 Å². The summed E-state index contributed by atoms with van der Waals surface area (Å²) >= 11 is 0. The predicted octanol–water partition coefficient (Wildman–Crippen LogP) is 2.47. The Bertz CT molecular complexity index is 285. The summed E-state index contributed by atoms with van der Waals surface area (Å²) < 4.78 is 0. The van der Waals surface area contributed by atoms with E-state index in [9.17, 15) is 14.7 Å². The van der Waals surface area contributed by atoms with Crippen molar-refractivity contribution < 1.29 is 19.8 Å². The zero-order valence-corrected chi connectivity index (χ0v) is 14.2. The highest BCUT2D eigenvalue weighted by Gasteiger charge is 2.12. The number of quaternary nitrogens is 1. The van der Waals surface area contributed by atoms with Gasteiger partial charge in [-0.15, -0.1) is 0 Å². The van der Waals surface area contributed by atoms with Gasteiger partial charge in [0.2, 0.25) is 0 Å². The van der Waals surface area contributed by atoms with Gasteiger partial charge in [0.05, 0.1) is 18.4 Å². The van der Waals surface area contributed by atoms with Gasteiger partial charge in [-0.3, -0.25) is 4.79 Å². The monoisotopic (exact) mass is 318 g/mol. The van der Waals surface area contributed by atoms with Crippen molar-refractivity contribution in [2.24, 2.45) is 0 Å². The minimum Gasteiger partial charge on any atom is -0.548 e. The molecular formula is C16H34N2O4. The second-order valence-electron chi connectivity index (χ2n) is 5.61. The quantitative estimate of drug-likeness (QED) is 0.400. The Kier molecular flexibility index (Phi) is 17.1. The second-order valence-corrected chi connectivity index (χ2v) is 5.61. The van der Waals surface area contributed by atoms with E-state index < -0.39 is 24.4 Å². The Morgan fingerprint density at radius 2 is 1.41 bits per heavy atom. The summed E-state index contributed by atoms with van der Waals surface area (Å²) in [5.41, 5.74) is 0. The summed E-state index contributed by atoms with van der Waals surface area (Å²) in [6.45, 7) is 2.75. The van der Waals surface area contributed by atoms with E-state index >= 15 is 0 Å². The summed E-state index contributed by atoms with van der Waals surface area (Å²) in [5, 5.41) is 22.0.